The molecule has 0 N–H and O–H groups in total. The molecule has 0 radical (unpaired) electrons. The SMILES string of the molecule is CCOc1ccc(Cl)cc1S(=O)(=O)N1CCC(C(=O)N(C)c2ccc(C)c(C)c2)CC1. The molecule has 1 fully saturated rings. The van der Waals surface area contributed by atoms with Crippen molar-refractivity contribution in [1.29, 1.82) is 0 Å². The summed E-state index contributed by atoms with van der Waals surface area (Å²) in [6.45, 7) is 6.76. The third kappa shape index (κ3) is 5.05. The van der Waals surface area contributed by atoms with Gasteiger partial charge >= 0.3 is 0 Å². The van der Waals surface area contributed by atoms with Gasteiger partial charge in [0.1, 0.15) is 10.6 Å². The van der Waals surface area contributed by atoms with Crippen LogP contribution in [0.2, 0.25) is 5.02 Å². The Morgan fingerprint density at radius 3 is 2.42 bits per heavy atom. The van der Waals surface area contributed by atoms with Crippen LogP contribution < -0.4 is 9.64 Å². The van der Waals surface area contributed by atoms with Crippen LogP contribution in [0.15, 0.2) is 41.3 Å². The van der Waals surface area contributed by atoms with Crippen molar-refractivity contribution in [3.05, 3.63) is 52.5 Å². The molecule has 168 valence electrons. The first-order chi connectivity index (χ1) is 14.6. The number of rotatable bonds is 6. The summed E-state index contributed by atoms with van der Waals surface area (Å²) in [7, 11) is -2.00. The van der Waals surface area contributed by atoms with Crippen LogP contribution >= 0.6 is 11.6 Å². The van der Waals surface area contributed by atoms with E-state index in [9.17, 15) is 13.2 Å². The van der Waals surface area contributed by atoms with Gasteiger partial charge in [-0.05, 0) is 75.1 Å². The van der Waals surface area contributed by atoms with E-state index in [-0.39, 0.29) is 29.8 Å². The number of halogens is 1. The molecule has 0 atom stereocenters. The fraction of sp³-hybridized carbons (Fsp3) is 0.435. The highest BCUT2D eigenvalue weighted by Gasteiger charge is 2.35. The third-order valence-electron chi connectivity index (χ3n) is 5.83. The van der Waals surface area contributed by atoms with Gasteiger partial charge in [0.05, 0.1) is 6.61 Å². The largest absolute Gasteiger partial charge is 0.492 e. The maximum absolute atomic E-state index is 13.2. The van der Waals surface area contributed by atoms with Gasteiger partial charge in [-0.2, -0.15) is 4.31 Å². The molecule has 2 aromatic rings. The number of benzene rings is 2. The van der Waals surface area contributed by atoms with E-state index in [0.717, 1.165) is 11.3 Å². The molecule has 0 spiro atoms. The van der Waals surface area contributed by atoms with Crippen LogP contribution in [0.1, 0.15) is 30.9 Å². The molecule has 0 unspecified atom stereocenters. The van der Waals surface area contributed by atoms with Crippen molar-refractivity contribution in [2.75, 3.05) is 31.6 Å². The second-order valence-corrected chi connectivity index (χ2v) is 10.2. The van der Waals surface area contributed by atoms with E-state index in [0.29, 0.717) is 30.2 Å². The Balaban J connectivity index is 1.72. The first kappa shape index (κ1) is 23.6. The lowest BCUT2D eigenvalue weighted by molar-refractivity contribution is -0.123. The molecule has 0 saturated carbocycles. The molecule has 8 heteroatoms. The minimum atomic E-state index is -3.77. The highest BCUT2D eigenvalue weighted by atomic mass is 35.5. The van der Waals surface area contributed by atoms with Crippen molar-refractivity contribution in [3.63, 3.8) is 0 Å². The fourth-order valence-corrected chi connectivity index (χ4v) is 5.64. The molecule has 0 bridgehead atoms. The van der Waals surface area contributed by atoms with E-state index in [1.165, 1.54) is 15.9 Å². The summed E-state index contributed by atoms with van der Waals surface area (Å²) < 4.78 is 33.4. The summed E-state index contributed by atoms with van der Waals surface area (Å²) in [5.41, 5.74) is 3.16. The maximum atomic E-state index is 13.2. The first-order valence-corrected chi connectivity index (χ1v) is 12.2. The lowest BCUT2D eigenvalue weighted by atomic mass is 9.96. The van der Waals surface area contributed by atoms with Crippen molar-refractivity contribution >= 4 is 33.2 Å². The Labute approximate surface area is 189 Å². The Morgan fingerprint density at radius 2 is 1.81 bits per heavy atom. The summed E-state index contributed by atoms with van der Waals surface area (Å²) in [6, 6.07) is 10.6. The molecule has 1 aliphatic heterocycles. The molecule has 1 amide bonds. The van der Waals surface area contributed by atoms with Crippen LogP contribution in [0, 0.1) is 19.8 Å². The van der Waals surface area contributed by atoms with Gasteiger partial charge in [-0.25, -0.2) is 8.42 Å². The van der Waals surface area contributed by atoms with Crippen molar-refractivity contribution in [1.82, 2.24) is 4.31 Å². The molecule has 1 heterocycles. The van der Waals surface area contributed by atoms with Crippen molar-refractivity contribution in [2.45, 2.75) is 38.5 Å². The van der Waals surface area contributed by atoms with Crippen molar-refractivity contribution < 1.29 is 17.9 Å². The summed E-state index contributed by atoms with van der Waals surface area (Å²) in [5, 5.41) is 0.335. The second kappa shape index (κ2) is 9.59. The summed E-state index contributed by atoms with van der Waals surface area (Å²) in [4.78, 5) is 14.8. The standard InChI is InChI=1S/C23H29ClN2O4S/c1-5-30-21-9-7-19(24)15-22(21)31(28,29)26-12-10-18(11-13-26)23(27)25(4)20-8-6-16(2)17(3)14-20/h6-9,14-15,18H,5,10-13H2,1-4H3. The number of nitrogens with zero attached hydrogens (tertiary/aromatic N) is 2. The zero-order valence-corrected chi connectivity index (χ0v) is 20.0. The number of anilines is 1. The number of aryl methyl sites for hydroxylation is 2. The van der Waals surface area contributed by atoms with E-state index < -0.39 is 10.0 Å². The molecule has 1 saturated heterocycles. The van der Waals surface area contributed by atoms with Gasteiger partial charge in [0, 0.05) is 36.8 Å². The summed E-state index contributed by atoms with van der Waals surface area (Å²) in [5.74, 6) is 0.0846. The predicted molar refractivity (Wildman–Crippen MR) is 123 cm³/mol. The van der Waals surface area contributed by atoms with Crippen molar-refractivity contribution in [2.24, 2.45) is 5.92 Å². The van der Waals surface area contributed by atoms with Crippen LogP contribution in [0.3, 0.4) is 0 Å². The minimum absolute atomic E-state index is 0.0121. The third-order valence-corrected chi connectivity index (χ3v) is 7.99. The topological polar surface area (TPSA) is 66.9 Å². The number of amides is 1. The van der Waals surface area contributed by atoms with Crippen LogP contribution in [0.4, 0.5) is 5.69 Å². The van der Waals surface area contributed by atoms with E-state index >= 15 is 0 Å². The molecule has 3 rings (SSSR count). The van der Waals surface area contributed by atoms with E-state index in [1.807, 2.05) is 32.0 Å². The molecule has 0 aromatic heterocycles. The fourth-order valence-electron chi connectivity index (χ4n) is 3.78. The zero-order chi connectivity index (χ0) is 22.8. The van der Waals surface area contributed by atoms with Gasteiger partial charge in [0.2, 0.25) is 15.9 Å². The molecular weight excluding hydrogens is 436 g/mol. The predicted octanol–water partition coefficient (Wildman–Crippen LogP) is 4.42. The average molecular weight is 465 g/mol. The van der Waals surface area contributed by atoms with E-state index in [1.54, 1.807) is 31.0 Å². The van der Waals surface area contributed by atoms with E-state index in [4.69, 9.17) is 16.3 Å². The number of piperidine rings is 1. The lowest BCUT2D eigenvalue weighted by Gasteiger charge is -2.33. The molecule has 6 nitrogen and oxygen atoms in total. The second-order valence-electron chi connectivity index (χ2n) is 7.87. The van der Waals surface area contributed by atoms with Crippen LogP contribution in [-0.2, 0) is 14.8 Å². The highest BCUT2D eigenvalue weighted by molar-refractivity contribution is 7.89. The number of hydrogen-bond donors (Lipinski definition) is 0. The summed E-state index contributed by atoms with van der Waals surface area (Å²) in [6.07, 6.45) is 0.940. The molecular formula is C23H29ClN2O4S. The van der Waals surface area contributed by atoms with E-state index in [2.05, 4.69) is 0 Å². The highest BCUT2D eigenvalue weighted by Crippen LogP contribution is 2.33. The Hall–Kier alpha value is -2.09. The van der Waals surface area contributed by atoms with Crippen molar-refractivity contribution in [3.8, 4) is 5.75 Å². The minimum Gasteiger partial charge on any atom is -0.492 e. The number of carbonyl (C=O) groups is 1. The average Bonchev–Trinajstić information content (AvgIpc) is 2.76. The first-order valence-electron chi connectivity index (χ1n) is 10.4. The molecule has 0 aliphatic carbocycles. The number of carbonyl (C=O) groups excluding carboxylic acids is 1. The van der Waals surface area contributed by atoms with Gasteiger partial charge in [0.25, 0.3) is 0 Å². The lowest BCUT2D eigenvalue weighted by Crippen LogP contribution is -2.43. The maximum Gasteiger partial charge on any atom is 0.246 e. The number of hydrogen-bond acceptors (Lipinski definition) is 4. The monoisotopic (exact) mass is 464 g/mol. The van der Waals surface area contributed by atoms with Gasteiger partial charge in [-0.15, -0.1) is 0 Å². The molecule has 31 heavy (non-hydrogen) atoms. The van der Waals surface area contributed by atoms with Gasteiger partial charge in [0.15, 0.2) is 0 Å². The Kier molecular flexibility index (Phi) is 7.29. The number of ether oxygens (including phenoxy) is 1. The zero-order valence-electron chi connectivity index (χ0n) is 18.4. The number of sulfonamides is 1. The van der Waals surface area contributed by atoms with Crippen LogP contribution in [0.5, 0.6) is 5.75 Å². The summed E-state index contributed by atoms with van der Waals surface area (Å²) >= 11 is 6.05. The molecule has 1 aliphatic rings. The quantitative estimate of drug-likeness (QED) is 0.634. The van der Waals surface area contributed by atoms with Crippen LogP contribution in [0.25, 0.3) is 0 Å². The van der Waals surface area contributed by atoms with Crippen LogP contribution in [-0.4, -0.2) is 45.4 Å². The molecule has 2 aromatic carbocycles. The van der Waals surface area contributed by atoms with Gasteiger partial charge in [-0.3, -0.25) is 4.79 Å². The smallest absolute Gasteiger partial charge is 0.246 e. The van der Waals surface area contributed by atoms with Gasteiger partial charge in [-0.1, -0.05) is 17.7 Å². The normalized spacial score (nSPS) is 15.6. The Morgan fingerprint density at radius 1 is 1.13 bits per heavy atom. The van der Waals surface area contributed by atoms with Gasteiger partial charge < -0.3 is 9.64 Å². The Bertz CT molecular complexity index is 1060.